The number of hydrogen-bond donors (Lipinski definition) is 0. The molecule has 2 heterocycles. The predicted octanol–water partition coefficient (Wildman–Crippen LogP) is 3.21. The molecule has 0 N–H and O–H groups in total. The van der Waals surface area contributed by atoms with Gasteiger partial charge in [-0.3, -0.25) is 10.1 Å². The van der Waals surface area contributed by atoms with Gasteiger partial charge in [0.15, 0.2) is 5.82 Å². The summed E-state index contributed by atoms with van der Waals surface area (Å²) in [4.78, 5) is 14.6. The van der Waals surface area contributed by atoms with Crippen molar-refractivity contribution in [2.75, 3.05) is 0 Å². The van der Waals surface area contributed by atoms with Crippen LogP contribution in [-0.2, 0) is 0 Å². The zero-order chi connectivity index (χ0) is 13.4. The monoisotopic (exact) mass is 330 g/mol. The maximum atomic E-state index is 10.9. The molecular weight excluding hydrogens is 323 g/mol. The Labute approximate surface area is 116 Å². The van der Waals surface area contributed by atoms with Gasteiger partial charge in [-0.1, -0.05) is 11.6 Å². The lowest BCUT2D eigenvalue weighted by atomic mass is 10.3. The summed E-state index contributed by atoms with van der Waals surface area (Å²) in [6, 6.07) is 1.66. The molecule has 0 saturated carbocycles. The standard InChI is InChI=1S/C10H8BrClN4O2/c1-5-9(16(17)18)6(2)15(14-5)10-8(12)3-7(11)4-13-10/h3-4H,1-2H3. The lowest BCUT2D eigenvalue weighted by Gasteiger charge is -2.04. The third kappa shape index (κ3) is 2.11. The number of aromatic nitrogens is 3. The van der Waals surface area contributed by atoms with Crippen LogP contribution >= 0.6 is 27.5 Å². The van der Waals surface area contributed by atoms with Crippen LogP contribution in [0.25, 0.3) is 5.82 Å². The molecule has 0 amide bonds. The molecule has 0 aliphatic rings. The van der Waals surface area contributed by atoms with Crippen molar-refractivity contribution >= 4 is 33.2 Å². The molecule has 2 aromatic rings. The van der Waals surface area contributed by atoms with Gasteiger partial charge in [0.25, 0.3) is 0 Å². The highest BCUT2D eigenvalue weighted by atomic mass is 79.9. The van der Waals surface area contributed by atoms with E-state index in [4.69, 9.17) is 11.6 Å². The van der Waals surface area contributed by atoms with Gasteiger partial charge in [0.05, 0.1) is 9.95 Å². The fraction of sp³-hybridized carbons (Fsp3) is 0.200. The zero-order valence-corrected chi connectivity index (χ0v) is 11.9. The van der Waals surface area contributed by atoms with Crippen LogP contribution in [-0.4, -0.2) is 19.7 Å². The highest BCUT2D eigenvalue weighted by Gasteiger charge is 2.23. The lowest BCUT2D eigenvalue weighted by Crippen LogP contribution is -2.03. The van der Waals surface area contributed by atoms with E-state index in [1.807, 2.05) is 0 Å². The number of nitrogens with zero attached hydrogens (tertiary/aromatic N) is 4. The van der Waals surface area contributed by atoms with Crippen molar-refractivity contribution in [2.45, 2.75) is 13.8 Å². The Kier molecular flexibility index (Phi) is 3.36. The maximum Gasteiger partial charge on any atom is 0.313 e. The third-order valence-corrected chi connectivity index (χ3v) is 3.14. The topological polar surface area (TPSA) is 73.8 Å². The van der Waals surface area contributed by atoms with Crippen molar-refractivity contribution in [3.8, 4) is 5.82 Å². The summed E-state index contributed by atoms with van der Waals surface area (Å²) in [7, 11) is 0. The van der Waals surface area contributed by atoms with Crippen LogP contribution in [0.1, 0.15) is 11.4 Å². The van der Waals surface area contributed by atoms with Crippen LogP contribution in [0.15, 0.2) is 16.7 Å². The molecule has 0 aromatic carbocycles. The highest BCUT2D eigenvalue weighted by Crippen LogP contribution is 2.28. The Hall–Kier alpha value is -1.47. The first-order valence-corrected chi connectivity index (χ1v) is 6.11. The van der Waals surface area contributed by atoms with Gasteiger partial charge in [-0.2, -0.15) is 5.10 Å². The van der Waals surface area contributed by atoms with Crippen LogP contribution in [0, 0.1) is 24.0 Å². The molecule has 18 heavy (non-hydrogen) atoms. The lowest BCUT2D eigenvalue weighted by molar-refractivity contribution is -0.386. The number of halogens is 2. The summed E-state index contributed by atoms with van der Waals surface area (Å²) in [5, 5.41) is 15.4. The SMILES string of the molecule is Cc1nn(-c2ncc(Br)cc2Cl)c(C)c1[N+](=O)[O-]. The summed E-state index contributed by atoms with van der Waals surface area (Å²) in [6.07, 6.45) is 1.56. The van der Waals surface area contributed by atoms with Gasteiger partial charge < -0.3 is 0 Å². The molecule has 0 unspecified atom stereocenters. The molecule has 0 fully saturated rings. The molecule has 0 atom stereocenters. The average Bonchev–Trinajstić information content (AvgIpc) is 2.54. The van der Waals surface area contributed by atoms with E-state index in [2.05, 4.69) is 26.0 Å². The van der Waals surface area contributed by atoms with E-state index in [9.17, 15) is 10.1 Å². The number of aryl methyl sites for hydroxylation is 1. The van der Waals surface area contributed by atoms with Crippen LogP contribution < -0.4 is 0 Å². The molecule has 0 bridgehead atoms. The molecule has 2 aromatic heterocycles. The summed E-state index contributed by atoms with van der Waals surface area (Å²) in [6.45, 7) is 3.19. The normalized spacial score (nSPS) is 10.7. The Morgan fingerprint density at radius 1 is 1.50 bits per heavy atom. The largest absolute Gasteiger partial charge is 0.313 e. The molecule has 0 aliphatic heterocycles. The summed E-state index contributed by atoms with van der Waals surface area (Å²) >= 11 is 9.30. The fourth-order valence-electron chi connectivity index (χ4n) is 1.67. The van der Waals surface area contributed by atoms with Crippen LogP contribution in [0.4, 0.5) is 5.69 Å². The predicted molar refractivity (Wildman–Crippen MR) is 70.2 cm³/mol. The smallest absolute Gasteiger partial charge is 0.258 e. The summed E-state index contributed by atoms with van der Waals surface area (Å²) in [5.74, 6) is 0.369. The van der Waals surface area contributed by atoms with Crippen LogP contribution in [0.3, 0.4) is 0 Å². The van der Waals surface area contributed by atoms with Gasteiger partial charge in [0.2, 0.25) is 0 Å². The fourth-order valence-corrected chi connectivity index (χ4v) is 2.38. The van der Waals surface area contributed by atoms with E-state index in [0.29, 0.717) is 22.2 Å². The molecule has 6 nitrogen and oxygen atoms in total. The van der Waals surface area contributed by atoms with Crippen molar-refractivity contribution in [1.29, 1.82) is 0 Å². The summed E-state index contributed by atoms with van der Waals surface area (Å²) in [5.41, 5.74) is 0.711. The molecule has 8 heteroatoms. The second-order valence-electron chi connectivity index (χ2n) is 3.65. The van der Waals surface area contributed by atoms with E-state index in [-0.39, 0.29) is 5.69 Å². The second-order valence-corrected chi connectivity index (χ2v) is 4.97. The van der Waals surface area contributed by atoms with E-state index < -0.39 is 4.92 Å². The number of nitro groups is 1. The van der Waals surface area contributed by atoms with Crippen molar-refractivity contribution in [2.24, 2.45) is 0 Å². The Balaban J connectivity index is 2.65. The highest BCUT2D eigenvalue weighted by molar-refractivity contribution is 9.10. The molecular formula is C10H8BrClN4O2. The van der Waals surface area contributed by atoms with Gasteiger partial charge in [-0.15, -0.1) is 0 Å². The van der Waals surface area contributed by atoms with E-state index in [1.54, 1.807) is 26.1 Å². The number of pyridine rings is 1. The van der Waals surface area contributed by atoms with Gasteiger partial charge in [-0.05, 0) is 35.8 Å². The average molecular weight is 332 g/mol. The van der Waals surface area contributed by atoms with Crippen molar-refractivity contribution in [3.05, 3.63) is 43.3 Å². The van der Waals surface area contributed by atoms with Gasteiger partial charge >= 0.3 is 5.69 Å². The molecule has 94 valence electrons. The Morgan fingerprint density at radius 2 is 2.17 bits per heavy atom. The van der Waals surface area contributed by atoms with Gasteiger partial charge in [-0.25, -0.2) is 9.67 Å². The Bertz CT molecular complexity index is 641. The maximum absolute atomic E-state index is 10.9. The van der Waals surface area contributed by atoms with E-state index in [0.717, 1.165) is 4.47 Å². The molecule has 0 aliphatic carbocycles. The minimum atomic E-state index is -0.457. The molecule has 0 radical (unpaired) electrons. The van der Waals surface area contributed by atoms with Crippen LogP contribution in [0.5, 0.6) is 0 Å². The Morgan fingerprint density at radius 3 is 2.67 bits per heavy atom. The first-order valence-electron chi connectivity index (χ1n) is 4.94. The third-order valence-electron chi connectivity index (χ3n) is 2.42. The number of hydrogen-bond acceptors (Lipinski definition) is 4. The van der Waals surface area contributed by atoms with Crippen molar-refractivity contribution in [3.63, 3.8) is 0 Å². The van der Waals surface area contributed by atoms with Crippen molar-refractivity contribution < 1.29 is 4.92 Å². The van der Waals surface area contributed by atoms with Crippen molar-refractivity contribution in [1.82, 2.24) is 14.8 Å². The number of rotatable bonds is 2. The second kappa shape index (κ2) is 4.66. The first kappa shape index (κ1) is 13.0. The molecule has 2 rings (SSSR count). The zero-order valence-electron chi connectivity index (χ0n) is 9.52. The molecule has 0 spiro atoms. The quantitative estimate of drug-likeness (QED) is 0.625. The summed E-state index contributed by atoms with van der Waals surface area (Å²) < 4.78 is 2.11. The first-order chi connectivity index (χ1) is 8.41. The van der Waals surface area contributed by atoms with Gasteiger partial charge in [0, 0.05) is 10.7 Å². The van der Waals surface area contributed by atoms with Crippen LogP contribution in [0.2, 0.25) is 5.02 Å². The van der Waals surface area contributed by atoms with E-state index in [1.165, 1.54) is 4.68 Å². The van der Waals surface area contributed by atoms with Gasteiger partial charge in [0.1, 0.15) is 11.4 Å². The minimum Gasteiger partial charge on any atom is -0.258 e. The van der Waals surface area contributed by atoms with E-state index >= 15 is 0 Å². The molecule has 0 saturated heterocycles. The minimum absolute atomic E-state index is 0.0178.